The molecule has 17 heavy (non-hydrogen) atoms. The minimum atomic E-state index is -0.777. The molecule has 0 radical (unpaired) electrons. The van der Waals surface area contributed by atoms with Crippen molar-refractivity contribution in [2.45, 2.75) is 25.0 Å². The van der Waals surface area contributed by atoms with Gasteiger partial charge in [-0.1, -0.05) is 30.3 Å². The summed E-state index contributed by atoms with van der Waals surface area (Å²) in [6, 6.07) is 9.88. The maximum absolute atomic E-state index is 10.9. The van der Waals surface area contributed by atoms with Crippen LogP contribution in [0.3, 0.4) is 0 Å². The topological polar surface area (TPSA) is 46.5 Å². The highest BCUT2D eigenvalue weighted by atomic mass is 32.2. The molecular formula is C13H16O3S. The van der Waals surface area contributed by atoms with Crippen LogP contribution in [0.15, 0.2) is 30.3 Å². The van der Waals surface area contributed by atoms with Crippen LogP contribution in [0.4, 0.5) is 0 Å². The molecule has 0 aliphatic carbocycles. The van der Waals surface area contributed by atoms with Crippen molar-refractivity contribution in [1.82, 2.24) is 0 Å². The molecule has 1 aliphatic rings. The minimum absolute atomic E-state index is 0.104. The van der Waals surface area contributed by atoms with E-state index < -0.39 is 11.6 Å². The van der Waals surface area contributed by atoms with E-state index in [-0.39, 0.29) is 6.42 Å². The number of rotatable bonds is 5. The van der Waals surface area contributed by atoms with E-state index in [1.54, 1.807) is 11.8 Å². The van der Waals surface area contributed by atoms with Gasteiger partial charge in [-0.15, -0.1) is 0 Å². The highest BCUT2D eigenvalue weighted by Gasteiger charge is 2.37. The number of aliphatic carboxylic acids is 1. The first-order valence-corrected chi connectivity index (χ1v) is 6.83. The zero-order chi connectivity index (χ0) is 12.1. The van der Waals surface area contributed by atoms with Crippen LogP contribution in [0.25, 0.3) is 0 Å². The van der Waals surface area contributed by atoms with Crippen LogP contribution in [0.5, 0.6) is 0 Å². The van der Waals surface area contributed by atoms with E-state index in [0.717, 1.165) is 23.5 Å². The SMILES string of the molecule is O=C(O)CC1(OCc2ccccc2)CCSC1. The smallest absolute Gasteiger partial charge is 0.306 e. The molecule has 2 rings (SSSR count). The maximum atomic E-state index is 10.9. The van der Waals surface area contributed by atoms with Crippen LogP contribution in [0.2, 0.25) is 0 Å². The van der Waals surface area contributed by atoms with E-state index in [2.05, 4.69) is 0 Å². The molecule has 1 aliphatic heterocycles. The Bertz CT molecular complexity index is 372. The molecule has 0 aromatic heterocycles. The van der Waals surface area contributed by atoms with Crippen LogP contribution in [-0.4, -0.2) is 28.2 Å². The van der Waals surface area contributed by atoms with Gasteiger partial charge in [0.05, 0.1) is 18.6 Å². The van der Waals surface area contributed by atoms with E-state index in [0.29, 0.717) is 6.61 Å². The lowest BCUT2D eigenvalue weighted by Crippen LogP contribution is -2.35. The largest absolute Gasteiger partial charge is 0.481 e. The van der Waals surface area contributed by atoms with Gasteiger partial charge in [-0.05, 0) is 17.7 Å². The molecule has 3 nitrogen and oxygen atoms in total. The zero-order valence-electron chi connectivity index (χ0n) is 9.59. The standard InChI is InChI=1S/C13H16O3S/c14-12(15)8-13(6-7-17-10-13)16-9-11-4-2-1-3-5-11/h1-5H,6-10H2,(H,14,15). The average molecular weight is 252 g/mol. The zero-order valence-corrected chi connectivity index (χ0v) is 10.4. The second kappa shape index (κ2) is 5.56. The fraction of sp³-hybridized carbons (Fsp3) is 0.462. The molecule has 1 saturated heterocycles. The number of hydrogen-bond donors (Lipinski definition) is 1. The summed E-state index contributed by atoms with van der Waals surface area (Å²) in [5.41, 5.74) is 0.626. The molecular weight excluding hydrogens is 236 g/mol. The lowest BCUT2D eigenvalue weighted by Gasteiger charge is -2.26. The van der Waals surface area contributed by atoms with Crippen LogP contribution in [0, 0.1) is 0 Å². The van der Waals surface area contributed by atoms with Crippen molar-refractivity contribution in [3.63, 3.8) is 0 Å². The van der Waals surface area contributed by atoms with E-state index in [9.17, 15) is 4.79 Å². The van der Waals surface area contributed by atoms with E-state index in [1.807, 2.05) is 30.3 Å². The van der Waals surface area contributed by atoms with Gasteiger partial charge in [0.1, 0.15) is 0 Å². The lowest BCUT2D eigenvalue weighted by atomic mass is 9.99. The third-order valence-corrected chi connectivity index (χ3v) is 4.15. The van der Waals surface area contributed by atoms with Crippen molar-refractivity contribution in [2.75, 3.05) is 11.5 Å². The number of carbonyl (C=O) groups is 1. The van der Waals surface area contributed by atoms with Crippen molar-refractivity contribution in [3.8, 4) is 0 Å². The highest BCUT2D eigenvalue weighted by Crippen LogP contribution is 2.35. The Kier molecular flexibility index (Phi) is 4.07. The molecule has 1 N–H and O–H groups in total. The van der Waals surface area contributed by atoms with Gasteiger partial charge in [0.15, 0.2) is 0 Å². The summed E-state index contributed by atoms with van der Waals surface area (Å²) >= 11 is 1.77. The van der Waals surface area contributed by atoms with Crippen molar-refractivity contribution >= 4 is 17.7 Å². The van der Waals surface area contributed by atoms with Gasteiger partial charge in [0.25, 0.3) is 0 Å². The van der Waals surface area contributed by atoms with Gasteiger partial charge in [-0.2, -0.15) is 11.8 Å². The minimum Gasteiger partial charge on any atom is -0.481 e. The summed E-state index contributed by atoms with van der Waals surface area (Å²) in [7, 11) is 0. The molecule has 1 heterocycles. The predicted octanol–water partition coefficient (Wildman–Crippen LogP) is 2.55. The molecule has 1 aromatic rings. The summed E-state index contributed by atoms with van der Waals surface area (Å²) in [6.07, 6.45) is 0.934. The number of carboxylic acids is 1. The maximum Gasteiger partial charge on any atom is 0.306 e. The van der Waals surface area contributed by atoms with E-state index >= 15 is 0 Å². The summed E-state index contributed by atoms with van der Waals surface area (Å²) in [5.74, 6) is 0.995. The summed E-state index contributed by atoms with van der Waals surface area (Å²) in [5, 5.41) is 8.95. The first kappa shape index (κ1) is 12.5. The summed E-state index contributed by atoms with van der Waals surface area (Å²) in [4.78, 5) is 10.9. The Labute approximate surface area is 105 Å². The van der Waals surface area contributed by atoms with Crippen LogP contribution >= 0.6 is 11.8 Å². The first-order chi connectivity index (χ1) is 8.20. The molecule has 0 bridgehead atoms. The third kappa shape index (κ3) is 3.48. The Hall–Kier alpha value is -1.00. The fourth-order valence-corrected chi connectivity index (χ4v) is 3.34. The Morgan fingerprint density at radius 2 is 2.18 bits per heavy atom. The highest BCUT2D eigenvalue weighted by molar-refractivity contribution is 7.99. The van der Waals surface area contributed by atoms with Crippen molar-refractivity contribution < 1.29 is 14.6 Å². The molecule has 1 unspecified atom stereocenters. The van der Waals surface area contributed by atoms with Crippen LogP contribution in [-0.2, 0) is 16.1 Å². The van der Waals surface area contributed by atoms with Gasteiger partial charge < -0.3 is 9.84 Å². The molecule has 1 aromatic carbocycles. The van der Waals surface area contributed by atoms with Gasteiger partial charge in [-0.3, -0.25) is 4.79 Å². The lowest BCUT2D eigenvalue weighted by molar-refractivity contribution is -0.145. The molecule has 92 valence electrons. The van der Waals surface area contributed by atoms with Crippen molar-refractivity contribution in [1.29, 1.82) is 0 Å². The second-order valence-electron chi connectivity index (χ2n) is 4.33. The monoisotopic (exact) mass is 252 g/mol. The summed E-state index contributed by atoms with van der Waals surface area (Å²) in [6.45, 7) is 0.495. The van der Waals surface area contributed by atoms with E-state index in [4.69, 9.17) is 9.84 Å². The van der Waals surface area contributed by atoms with Gasteiger partial charge >= 0.3 is 5.97 Å². The quantitative estimate of drug-likeness (QED) is 0.875. The number of carboxylic acid groups (broad SMARTS) is 1. The number of hydrogen-bond acceptors (Lipinski definition) is 3. The van der Waals surface area contributed by atoms with E-state index in [1.165, 1.54) is 0 Å². The van der Waals surface area contributed by atoms with Gasteiger partial charge in [0.2, 0.25) is 0 Å². The predicted molar refractivity (Wildman–Crippen MR) is 68.2 cm³/mol. The molecule has 0 spiro atoms. The van der Waals surface area contributed by atoms with Crippen LogP contribution < -0.4 is 0 Å². The average Bonchev–Trinajstić information content (AvgIpc) is 2.76. The molecule has 0 saturated carbocycles. The van der Waals surface area contributed by atoms with Crippen molar-refractivity contribution in [3.05, 3.63) is 35.9 Å². The van der Waals surface area contributed by atoms with Gasteiger partial charge in [0, 0.05) is 5.75 Å². The molecule has 0 amide bonds. The normalized spacial score (nSPS) is 23.8. The first-order valence-electron chi connectivity index (χ1n) is 5.68. The molecule has 1 fully saturated rings. The number of thioether (sulfide) groups is 1. The number of benzene rings is 1. The summed E-state index contributed by atoms with van der Waals surface area (Å²) < 4.78 is 5.89. The fourth-order valence-electron chi connectivity index (χ4n) is 1.98. The Morgan fingerprint density at radius 1 is 1.41 bits per heavy atom. The third-order valence-electron chi connectivity index (χ3n) is 2.93. The number of ether oxygens (including phenoxy) is 1. The Balaban J connectivity index is 1.96. The van der Waals surface area contributed by atoms with Gasteiger partial charge in [-0.25, -0.2) is 0 Å². The van der Waals surface area contributed by atoms with Crippen LogP contribution in [0.1, 0.15) is 18.4 Å². The Morgan fingerprint density at radius 3 is 2.76 bits per heavy atom. The molecule has 1 atom stereocenters. The molecule has 4 heteroatoms. The second-order valence-corrected chi connectivity index (χ2v) is 5.44. The van der Waals surface area contributed by atoms with Crippen molar-refractivity contribution in [2.24, 2.45) is 0 Å².